The van der Waals surface area contributed by atoms with Gasteiger partial charge in [-0.3, -0.25) is 0 Å². The second kappa shape index (κ2) is 5.52. The minimum absolute atomic E-state index is 0.206. The fraction of sp³-hybridized carbons (Fsp3) is 0.231. The smallest absolute Gasteiger partial charge is 0.226 e. The molecule has 0 radical (unpaired) electrons. The SMILES string of the molecule is CNCc1c[nH]c2nc(Cl)nc(NCc3ccco3)c12. The average Bonchev–Trinajstić information content (AvgIpc) is 3.06. The fourth-order valence-electron chi connectivity index (χ4n) is 2.11. The normalized spacial score (nSPS) is 11.1. The van der Waals surface area contributed by atoms with Crippen LogP contribution in [0.5, 0.6) is 0 Å². The zero-order valence-corrected chi connectivity index (χ0v) is 11.7. The number of hydrogen-bond donors (Lipinski definition) is 3. The van der Waals surface area contributed by atoms with Crippen LogP contribution >= 0.6 is 11.6 Å². The third-order valence-electron chi connectivity index (χ3n) is 2.96. The molecule has 20 heavy (non-hydrogen) atoms. The van der Waals surface area contributed by atoms with Gasteiger partial charge in [0.05, 0.1) is 18.2 Å². The number of aromatic nitrogens is 3. The van der Waals surface area contributed by atoms with Crippen LogP contribution in [0.4, 0.5) is 5.82 Å². The van der Waals surface area contributed by atoms with Crippen molar-refractivity contribution in [3.63, 3.8) is 0 Å². The molecule has 7 heteroatoms. The van der Waals surface area contributed by atoms with Crippen molar-refractivity contribution in [1.82, 2.24) is 20.3 Å². The first-order valence-corrected chi connectivity index (χ1v) is 6.60. The minimum Gasteiger partial charge on any atom is -0.467 e. The molecule has 3 aromatic heterocycles. The molecule has 3 heterocycles. The lowest BCUT2D eigenvalue weighted by molar-refractivity contribution is 0.518. The lowest BCUT2D eigenvalue weighted by Crippen LogP contribution is -2.07. The number of hydrogen-bond acceptors (Lipinski definition) is 5. The standard InChI is InChI=1S/C13H14ClN5O/c1-15-5-8-6-16-11-10(8)12(19-13(14)18-11)17-7-9-3-2-4-20-9/h2-4,6,15H,5,7H2,1H3,(H2,16,17,18,19). The van der Waals surface area contributed by atoms with Crippen molar-refractivity contribution < 1.29 is 4.42 Å². The molecule has 3 aromatic rings. The Morgan fingerprint density at radius 1 is 1.35 bits per heavy atom. The molecule has 0 aliphatic heterocycles. The van der Waals surface area contributed by atoms with E-state index in [0.29, 0.717) is 12.4 Å². The van der Waals surface area contributed by atoms with Gasteiger partial charge in [-0.05, 0) is 36.3 Å². The van der Waals surface area contributed by atoms with Crippen molar-refractivity contribution in [1.29, 1.82) is 0 Å². The Morgan fingerprint density at radius 2 is 2.25 bits per heavy atom. The van der Waals surface area contributed by atoms with Gasteiger partial charge in [0.15, 0.2) is 0 Å². The van der Waals surface area contributed by atoms with Crippen LogP contribution in [0.3, 0.4) is 0 Å². The Bertz CT molecular complexity index is 707. The third kappa shape index (κ3) is 2.48. The van der Waals surface area contributed by atoms with Crippen molar-refractivity contribution in [2.24, 2.45) is 0 Å². The summed E-state index contributed by atoms with van der Waals surface area (Å²) in [7, 11) is 1.89. The van der Waals surface area contributed by atoms with Crippen LogP contribution in [0.25, 0.3) is 11.0 Å². The zero-order valence-electron chi connectivity index (χ0n) is 10.9. The van der Waals surface area contributed by atoms with Crippen LogP contribution in [-0.2, 0) is 13.1 Å². The Kier molecular flexibility index (Phi) is 3.58. The molecule has 0 unspecified atom stereocenters. The number of furan rings is 1. The molecule has 0 atom stereocenters. The molecule has 0 spiro atoms. The van der Waals surface area contributed by atoms with Crippen LogP contribution in [0.1, 0.15) is 11.3 Å². The number of aromatic amines is 1. The average molecular weight is 292 g/mol. The van der Waals surface area contributed by atoms with Crippen LogP contribution in [0.15, 0.2) is 29.0 Å². The van der Waals surface area contributed by atoms with Crippen LogP contribution in [0.2, 0.25) is 5.28 Å². The second-order valence-electron chi connectivity index (χ2n) is 4.34. The van der Waals surface area contributed by atoms with E-state index < -0.39 is 0 Å². The topological polar surface area (TPSA) is 78.8 Å². The monoisotopic (exact) mass is 291 g/mol. The summed E-state index contributed by atoms with van der Waals surface area (Å²) in [6.07, 6.45) is 3.55. The Balaban J connectivity index is 1.96. The molecule has 6 nitrogen and oxygen atoms in total. The number of anilines is 1. The minimum atomic E-state index is 0.206. The predicted molar refractivity (Wildman–Crippen MR) is 77.7 cm³/mol. The molecule has 0 saturated heterocycles. The van der Waals surface area contributed by atoms with Gasteiger partial charge < -0.3 is 20.0 Å². The number of nitrogens with zero attached hydrogens (tertiary/aromatic N) is 2. The summed E-state index contributed by atoms with van der Waals surface area (Å²) in [5.74, 6) is 1.53. The first-order valence-electron chi connectivity index (χ1n) is 6.22. The largest absolute Gasteiger partial charge is 0.467 e. The highest BCUT2D eigenvalue weighted by atomic mass is 35.5. The van der Waals surface area contributed by atoms with Crippen molar-refractivity contribution in [2.45, 2.75) is 13.1 Å². The molecule has 0 aliphatic carbocycles. The number of H-pyrrole nitrogens is 1. The van der Waals surface area contributed by atoms with Crippen LogP contribution in [-0.4, -0.2) is 22.0 Å². The molecule has 0 amide bonds. The Labute approximate surface area is 120 Å². The van der Waals surface area contributed by atoms with Gasteiger partial charge >= 0.3 is 0 Å². The van der Waals surface area contributed by atoms with Crippen molar-refractivity contribution in [3.05, 3.63) is 41.2 Å². The van der Waals surface area contributed by atoms with E-state index in [0.717, 1.165) is 28.9 Å². The molecule has 104 valence electrons. The predicted octanol–water partition coefficient (Wildman–Crippen LogP) is 2.54. The van der Waals surface area contributed by atoms with Crippen molar-refractivity contribution >= 4 is 28.5 Å². The summed E-state index contributed by atoms with van der Waals surface area (Å²) in [6, 6.07) is 3.75. The van der Waals surface area contributed by atoms with Crippen molar-refractivity contribution in [2.75, 3.05) is 12.4 Å². The van der Waals surface area contributed by atoms with Crippen LogP contribution < -0.4 is 10.6 Å². The maximum Gasteiger partial charge on any atom is 0.226 e. The summed E-state index contributed by atoms with van der Waals surface area (Å²) < 4.78 is 5.30. The zero-order chi connectivity index (χ0) is 13.9. The van der Waals surface area contributed by atoms with Gasteiger partial charge in [0, 0.05) is 12.7 Å². The highest BCUT2D eigenvalue weighted by molar-refractivity contribution is 6.28. The maximum atomic E-state index is 5.95. The van der Waals surface area contributed by atoms with E-state index in [2.05, 4.69) is 25.6 Å². The van der Waals surface area contributed by atoms with E-state index in [1.54, 1.807) is 6.26 Å². The molecule has 0 aliphatic rings. The highest BCUT2D eigenvalue weighted by Crippen LogP contribution is 2.26. The van der Waals surface area contributed by atoms with Crippen LogP contribution in [0, 0.1) is 0 Å². The van der Waals surface area contributed by atoms with Gasteiger partial charge in [-0.2, -0.15) is 4.98 Å². The summed E-state index contributed by atoms with van der Waals surface area (Å²) in [5.41, 5.74) is 1.80. The molecular formula is C13H14ClN5O. The molecule has 3 N–H and O–H groups in total. The van der Waals surface area contributed by atoms with E-state index in [9.17, 15) is 0 Å². The third-order valence-corrected chi connectivity index (χ3v) is 3.13. The maximum absolute atomic E-state index is 5.95. The molecule has 3 rings (SSSR count). The molecule has 0 aromatic carbocycles. The molecule has 0 saturated carbocycles. The molecular weight excluding hydrogens is 278 g/mol. The van der Waals surface area contributed by atoms with E-state index in [1.807, 2.05) is 25.4 Å². The summed E-state index contributed by atoms with van der Waals surface area (Å²) in [4.78, 5) is 11.6. The Morgan fingerprint density at radius 3 is 3.00 bits per heavy atom. The number of nitrogens with one attached hydrogen (secondary N) is 3. The number of halogens is 1. The van der Waals surface area contributed by atoms with E-state index >= 15 is 0 Å². The first-order chi connectivity index (χ1) is 9.78. The van der Waals surface area contributed by atoms with Gasteiger partial charge in [0.1, 0.15) is 17.2 Å². The lowest BCUT2D eigenvalue weighted by atomic mass is 10.2. The van der Waals surface area contributed by atoms with Gasteiger partial charge in [0.2, 0.25) is 5.28 Å². The first kappa shape index (κ1) is 13.0. The van der Waals surface area contributed by atoms with E-state index in [1.165, 1.54) is 0 Å². The van der Waals surface area contributed by atoms with E-state index in [-0.39, 0.29) is 5.28 Å². The fourth-order valence-corrected chi connectivity index (χ4v) is 2.28. The highest BCUT2D eigenvalue weighted by Gasteiger charge is 2.12. The quantitative estimate of drug-likeness (QED) is 0.630. The number of rotatable bonds is 5. The Hall–Kier alpha value is -2.05. The summed E-state index contributed by atoms with van der Waals surface area (Å²) in [5, 5.41) is 7.50. The second-order valence-corrected chi connectivity index (χ2v) is 4.68. The van der Waals surface area contributed by atoms with Crippen molar-refractivity contribution in [3.8, 4) is 0 Å². The van der Waals surface area contributed by atoms with Gasteiger partial charge in [-0.15, -0.1) is 0 Å². The van der Waals surface area contributed by atoms with Gasteiger partial charge in [0.25, 0.3) is 0 Å². The summed E-state index contributed by atoms with van der Waals surface area (Å²) in [6.45, 7) is 1.26. The summed E-state index contributed by atoms with van der Waals surface area (Å²) >= 11 is 5.95. The van der Waals surface area contributed by atoms with Gasteiger partial charge in [-0.1, -0.05) is 0 Å². The number of fused-ring (bicyclic) bond motifs is 1. The van der Waals surface area contributed by atoms with E-state index in [4.69, 9.17) is 16.0 Å². The molecule has 0 bridgehead atoms. The lowest BCUT2D eigenvalue weighted by Gasteiger charge is -2.07. The van der Waals surface area contributed by atoms with Gasteiger partial charge in [-0.25, -0.2) is 4.98 Å². The molecule has 0 fully saturated rings.